The van der Waals surface area contributed by atoms with E-state index < -0.39 is 24.4 Å². The van der Waals surface area contributed by atoms with E-state index in [-0.39, 0.29) is 24.1 Å². The quantitative estimate of drug-likeness (QED) is 0.164. The van der Waals surface area contributed by atoms with Crippen molar-refractivity contribution in [3.63, 3.8) is 0 Å². The number of imidazole rings is 1. The molecule has 0 atom stereocenters. The first-order valence-corrected chi connectivity index (χ1v) is 15.9. The Labute approximate surface area is 286 Å². The Morgan fingerprint density at radius 2 is 1.70 bits per heavy atom. The Morgan fingerprint density at radius 1 is 1.02 bits per heavy atom. The second-order valence-corrected chi connectivity index (χ2v) is 12.2. The van der Waals surface area contributed by atoms with E-state index in [9.17, 15) is 27.2 Å². The third-order valence-corrected chi connectivity index (χ3v) is 8.30. The van der Waals surface area contributed by atoms with Crippen LogP contribution in [0.15, 0.2) is 89.2 Å². The molecule has 0 unspecified atom stereocenters. The molecule has 250 valence electrons. The molecule has 1 aliphatic rings. The predicted molar refractivity (Wildman–Crippen MR) is 173 cm³/mol. The molecule has 0 bridgehead atoms. The van der Waals surface area contributed by atoms with Gasteiger partial charge in [-0.15, -0.1) is 0 Å². The number of carbonyl (C=O) groups excluding carboxylic acids is 2. The van der Waals surface area contributed by atoms with Crippen LogP contribution in [-0.2, 0) is 4.79 Å². The number of hydrogen-bond acceptors (Lipinski definition) is 6. The smallest absolute Gasteiger partial charge is 0.329 e. The van der Waals surface area contributed by atoms with Gasteiger partial charge in [0.25, 0.3) is 18.8 Å². The summed E-state index contributed by atoms with van der Waals surface area (Å²) in [6, 6.07) is 16.6. The molecule has 0 saturated carbocycles. The first-order valence-electron chi connectivity index (χ1n) is 13.9. The highest BCUT2D eigenvalue weighted by Gasteiger charge is 2.60. The van der Waals surface area contributed by atoms with Gasteiger partial charge in [-0.25, -0.2) is 27.3 Å². The number of aromatic nitrogens is 2. The lowest BCUT2D eigenvalue weighted by Gasteiger charge is -2.35. The van der Waals surface area contributed by atoms with Gasteiger partial charge in [-0.2, -0.15) is 0 Å². The van der Waals surface area contributed by atoms with E-state index in [0.717, 1.165) is 11.3 Å². The fourth-order valence-electron chi connectivity index (χ4n) is 4.25. The maximum absolute atomic E-state index is 13.1. The number of nitrogens with zero attached hydrogens (tertiary/aromatic N) is 3. The monoisotopic (exact) mass is 732 g/mol. The summed E-state index contributed by atoms with van der Waals surface area (Å²) in [5.41, 5.74) is -3.40. The fraction of sp³-hybridized carbons (Fsp3) is 0.258. The third-order valence-electron chi connectivity index (χ3n) is 6.52. The van der Waals surface area contributed by atoms with Crippen LogP contribution < -0.4 is 14.8 Å². The summed E-state index contributed by atoms with van der Waals surface area (Å²) in [5.74, 6) is -1.40. The molecule has 16 heteroatoms. The van der Waals surface area contributed by atoms with Crippen molar-refractivity contribution in [3.8, 4) is 11.5 Å². The predicted octanol–water partition coefficient (Wildman–Crippen LogP) is 9.04. The summed E-state index contributed by atoms with van der Waals surface area (Å²) >= 11 is 19.4. The number of halogens is 7. The number of alkyl halides is 4. The van der Waals surface area contributed by atoms with Crippen molar-refractivity contribution < 1.29 is 36.6 Å². The van der Waals surface area contributed by atoms with Gasteiger partial charge in [0.1, 0.15) is 18.7 Å². The van der Waals surface area contributed by atoms with Gasteiger partial charge in [0.05, 0.1) is 22.3 Å². The molecule has 47 heavy (non-hydrogen) atoms. The van der Waals surface area contributed by atoms with Crippen molar-refractivity contribution in [2.75, 3.05) is 25.0 Å². The van der Waals surface area contributed by atoms with E-state index >= 15 is 0 Å². The highest BCUT2D eigenvalue weighted by Crippen LogP contribution is 2.42. The molecule has 8 nitrogen and oxygen atoms in total. The number of anilines is 1. The molecule has 4 aromatic rings. The van der Waals surface area contributed by atoms with Crippen LogP contribution in [0.1, 0.15) is 13.3 Å². The number of nitrogens with one attached hydrogen (secondary N) is 1. The summed E-state index contributed by atoms with van der Waals surface area (Å²) in [5, 5.41) is 3.22. The van der Waals surface area contributed by atoms with Crippen LogP contribution in [0, 0.1) is 0 Å². The molecule has 0 radical (unpaired) electrons. The molecule has 0 spiro atoms. The lowest BCUT2D eigenvalue weighted by molar-refractivity contribution is -0.177. The van der Waals surface area contributed by atoms with Crippen molar-refractivity contribution in [1.82, 2.24) is 14.5 Å². The lowest BCUT2D eigenvalue weighted by atomic mass is 10.0. The average molecular weight is 734 g/mol. The highest BCUT2D eigenvalue weighted by atomic mass is 35.5. The maximum Gasteiger partial charge on any atom is 0.329 e. The molecule has 2 amide bonds. The van der Waals surface area contributed by atoms with Crippen LogP contribution in [0.3, 0.4) is 0 Å². The van der Waals surface area contributed by atoms with Crippen molar-refractivity contribution in [3.05, 3.63) is 94.5 Å². The van der Waals surface area contributed by atoms with Gasteiger partial charge in [0, 0.05) is 33.8 Å². The maximum atomic E-state index is 13.1. The van der Waals surface area contributed by atoms with Crippen LogP contribution in [-0.4, -0.2) is 64.5 Å². The number of hydrogen-bond donors (Lipinski definition) is 1. The number of fused-ring (bicyclic) bond motifs is 1. The van der Waals surface area contributed by atoms with Crippen molar-refractivity contribution >= 4 is 64.2 Å². The lowest BCUT2D eigenvalue weighted by Crippen LogP contribution is -2.61. The Kier molecular flexibility index (Phi) is 12.7. The first-order chi connectivity index (χ1) is 22.5. The van der Waals surface area contributed by atoms with Crippen molar-refractivity contribution in [2.45, 2.75) is 41.6 Å². The van der Waals surface area contributed by atoms with Gasteiger partial charge in [-0.05, 0) is 48.9 Å². The number of rotatable bonds is 10. The molecule has 1 N–H and O–H groups in total. The molecule has 1 aromatic heterocycles. The second-order valence-electron chi connectivity index (χ2n) is 9.81. The molecule has 5 rings (SSSR count). The normalized spacial score (nSPS) is 13.3. The SMILES string of the molecule is CCCN(CCOc1c(Cl)cc(Cl)cc1Cl)C(=O)n1ccnc1.O=C1Nc2cc(Sc3ccccc3)ccc2OC1(C(F)F)C(F)F. The Bertz CT molecular complexity index is 1640. The number of benzene rings is 3. The summed E-state index contributed by atoms with van der Waals surface area (Å²) in [7, 11) is 0. The fourth-order valence-corrected chi connectivity index (χ4v) is 6.05. The van der Waals surface area contributed by atoms with Gasteiger partial charge in [0.2, 0.25) is 0 Å². The largest absolute Gasteiger partial charge is 0.489 e. The minimum Gasteiger partial charge on any atom is -0.489 e. The zero-order chi connectivity index (χ0) is 34.1. The topological polar surface area (TPSA) is 85.7 Å². The van der Waals surface area contributed by atoms with Crippen LogP contribution >= 0.6 is 46.6 Å². The minimum absolute atomic E-state index is 0.0813. The highest BCUT2D eigenvalue weighted by molar-refractivity contribution is 7.99. The van der Waals surface area contributed by atoms with E-state index in [0.29, 0.717) is 38.8 Å². The molecule has 1 aliphatic heterocycles. The average Bonchev–Trinajstić information content (AvgIpc) is 3.57. The van der Waals surface area contributed by atoms with E-state index in [1.165, 1.54) is 34.8 Å². The first kappa shape index (κ1) is 36.2. The van der Waals surface area contributed by atoms with Gasteiger partial charge >= 0.3 is 11.6 Å². The van der Waals surface area contributed by atoms with Gasteiger partial charge in [-0.1, -0.05) is 71.7 Å². The summed E-state index contributed by atoms with van der Waals surface area (Å²) in [6.07, 6.45) is -1.85. The molecule has 2 heterocycles. The van der Waals surface area contributed by atoms with E-state index in [4.69, 9.17) is 44.3 Å². The zero-order valence-electron chi connectivity index (χ0n) is 24.5. The van der Waals surface area contributed by atoms with Gasteiger partial charge in [0.15, 0.2) is 5.75 Å². The number of ether oxygens (including phenoxy) is 2. The molecular formula is C31H27Cl3F4N4O4S. The second kappa shape index (κ2) is 16.4. The summed E-state index contributed by atoms with van der Waals surface area (Å²) in [4.78, 5) is 31.4. The Morgan fingerprint density at radius 3 is 2.30 bits per heavy atom. The van der Waals surface area contributed by atoms with Gasteiger partial charge in [-0.3, -0.25) is 9.36 Å². The number of carbonyl (C=O) groups is 2. The molecular weight excluding hydrogens is 707 g/mol. The van der Waals surface area contributed by atoms with Crippen LogP contribution in [0.25, 0.3) is 0 Å². The Hall–Kier alpha value is -3.65. The van der Waals surface area contributed by atoms with E-state index in [1.54, 1.807) is 35.5 Å². The number of amides is 2. The van der Waals surface area contributed by atoms with Gasteiger partial charge < -0.3 is 19.7 Å². The van der Waals surface area contributed by atoms with Crippen LogP contribution in [0.2, 0.25) is 15.1 Å². The molecule has 3 aromatic carbocycles. The van der Waals surface area contributed by atoms with E-state index in [2.05, 4.69) is 10.3 Å². The standard InChI is InChI=1S/C16H11F4NO2S.C15H16Cl3N3O2/c17-13(18)16(14(19)20)15(22)21-11-8-10(6-7-12(11)23-16)24-9-4-2-1-3-5-9;1-2-4-20(15(22)21-5-3-19-10-21)6-7-23-14-12(17)8-11(16)9-13(14)18/h1-8,13-14H,(H,21,22);3,5,8-10H,2,4,6-7H2,1H3. The Balaban J connectivity index is 0.000000213. The van der Waals surface area contributed by atoms with Crippen LogP contribution in [0.5, 0.6) is 11.5 Å². The summed E-state index contributed by atoms with van der Waals surface area (Å²) < 4.78 is 64.1. The summed E-state index contributed by atoms with van der Waals surface area (Å²) in [6.45, 7) is 3.28. The zero-order valence-corrected chi connectivity index (χ0v) is 27.6. The van der Waals surface area contributed by atoms with Crippen molar-refractivity contribution in [2.24, 2.45) is 0 Å². The van der Waals surface area contributed by atoms with Crippen LogP contribution in [0.4, 0.5) is 28.0 Å². The van der Waals surface area contributed by atoms with Crippen molar-refractivity contribution in [1.29, 1.82) is 0 Å². The molecule has 0 saturated heterocycles. The van der Waals surface area contributed by atoms with E-state index in [1.807, 2.05) is 37.3 Å². The molecule has 0 aliphatic carbocycles. The third kappa shape index (κ3) is 8.83. The minimum atomic E-state index is -3.66. The molecule has 0 fully saturated rings.